The lowest BCUT2D eigenvalue weighted by Gasteiger charge is -2.16. The number of rotatable bonds is 5. The molecule has 0 aliphatic carbocycles. The molecule has 0 radical (unpaired) electrons. The van der Waals surface area contributed by atoms with E-state index in [1.54, 1.807) is 36.4 Å². The number of hydrogen-bond acceptors (Lipinski definition) is 4. The van der Waals surface area contributed by atoms with Gasteiger partial charge in [-0.05, 0) is 5.56 Å². The van der Waals surface area contributed by atoms with E-state index < -0.39 is 12.2 Å². The zero-order valence-electron chi connectivity index (χ0n) is 10.8. The highest BCUT2D eigenvalue weighted by Gasteiger charge is 2.17. The summed E-state index contributed by atoms with van der Waals surface area (Å²) < 4.78 is 0. The average molecular weight is 288 g/mol. The Balaban J connectivity index is 2.18. The third-order valence-corrected chi connectivity index (χ3v) is 3.48. The van der Waals surface area contributed by atoms with Crippen LogP contribution < -0.4 is 0 Å². The van der Waals surface area contributed by atoms with E-state index >= 15 is 0 Å². The quantitative estimate of drug-likeness (QED) is 0.584. The summed E-state index contributed by atoms with van der Waals surface area (Å²) in [6.07, 6.45) is -1.91. The maximum Gasteiger partial charge on any atom is 0.193 e. The molecule has 2 N–H and O–H groups in total. The van der Waals surface area contributed by atoms with Gasteiger partial charge in [0.15, 0.2) is 5.78 Å². The van der Waals surface area contributed by atoms with Crippen molar-refractivity contribution in [2.24, 2.45) is 0 Å². The third-order valence-electron chi connectivity index (χ3n) is 3.10. The Kier molecular flexibility index (Phi) is 4.95. The molecule has 20 heavy (non-hydrogen) atoms. The van der Waals surface area contributed by atoms with E-state index in [4.69, 9.17) is 0 Å². The Bertz CT molecular complexity index is 566. The first-order valence-corrected chi connectivity index (χ1v) is 6.93. The number of aliphatic hydroxyl groups excluding tert-OH is 2. The van der Waals surface area contributed by atoms with Gasteiger partial charge in [-0.1, -0.05) is 54.6 Å². The molecular formula is C16H16O3S. The molecule has 3 nitrogen and oxygen atoms in total. The Morgan fingerprint density at radius 3 is 2.05 bits per heavy atom. The Hall–Kier alpha value is -1.62. The Labute approximate surface area is 123 Å². The summed E-state index contributed by atoms with van der Waals surface area (Å²) >= 11 is 3.94. The second kappa shape index (κ2) is 6.70. The minimum Gasteiger partial charge on any atom is -0.389 e. The second-order valence-electron chi connectivity index (χ2n) is 4.51. The molecule has 2 atom stereocenters. The lowest BCUT2D eigenvalue weighted by Crippen LogP contribution is -2.19. The summed E-state index contributed by atoms with van der Waals surface area (Å²) in [5.74, 6) is 0.104. The van der Waals surface area contributed by atoms with Crippen LogP contribution in [0.15, 0.2) is 54.6 Å². The molecule has 104 valence electrons. The van der Waals surface area contributed by atoms with Crippen molar-refractivity contribution in [1.82, 2.24) is 0 Å². The largest absolute Gasteiger partial charge is 0.389 e. The lowest BCUT2D eigenvalue weighted by atomic mass is 9.99. The minimum absolute atomic E-state index is 0.0682. The van der Waals surface area contributed by atoms with Crippen molar-refractivity contribution in [2.45, 2.75) is 12.2 Å². The van der Waals surface area contributed by atoms with Crippen LogP contribution >= 0.6 is 12.6 Å². The predicted molar refractivity (Wildman–Crippen MR) is 81.1 cm³/mol. The molecule has 0 aromatic heterocycles. The number of aliphatic hydroxyl groups is 2. The van der Waals surface area contributed by atoms with Crippen molar-refractivity contribution in [1.29, 1.82) is 0 Å². The number of hydrogen-bond donors (Lipinski definition) is 3. The van der Waals surface area contributed by atoms with Crippen LogP contribution in [0, 0.1) is 0 Å². The first-order valence-electron chi connectivity index (χ1n) is 6.30. The zero-order chi connectivity index (χ0) is 14.5. The molecule has 0 saturated heterocycles. The highest BCUT2D eigenvalue weighted by atomic mass is 32.1. The van der Waals surface area contributed by atoms with Gasteiger partial charge in [0.2, 0.25) is 0 Å². The summed E-state index contributed by atoms with van der Waals surface area (Å²) in [7, 11) is 0. The standard InChI is InChI=1S/C16H16O3S/c17-14(10-20)16(19)13-8-6-12(7-9-13)15(18)11-4-2-1-3-5-11/h1-9,14,16-17,19-20H,10H2. The molecule has 2 aromatic rings. The molecule has 4 heteroatoms. The molecule has 0 saturated carbocycles. The van der Waals surface area contributed by atoms with Crippen molar-refractivity contribution >= 4 is 18.4 Å². The highest BCUT2D eigenvalue weighted by molar-refractivity contribution is 7.80. The van der Waals surface area contributed by atoms with Crippen LogP contribution in [0.1, 0.15) is 27.6 Å². The molecule has 0 amide bonds. The minimum atomic E-state index is -0.992. The molecule has 0 aliphatic rings. The van der Waals surface area contributed by atoms with Gasteiger partial charge < -0.3 is 10.2 Å². The maximum atomic E-state index is 12.2. The zero-order valence-corrected chi connectivity index (χ0v) is 11.7. The number of carbonyl (C=O) groups excluding carboxylic acids is 1. The van der Waals surface area contributed by atoms with Gasteiger partial charge in [-0.25, -0.2) is 0 Å². The number of carbonyl (C=O) groups is 1. The molecule has 2 unspecified atom stereocenters. The first kappa shape index (κ1) is 14.8. The lowest BCUT2D eigenvalue weighted by molar-refractivity contribution is 0.0337. The van der Waals surface area contributed by atoms with Crippen LogP contribution in [0.2, 0.25) is 0 Å². The van der Waals surface area contributed by atoms with Crippen LogP contribution in [-0.4, -0.2) is 27.9 Å². The average Bonchev–Trinajstić information content (AvgIpc) is 2.53. The van der Waals surface area contributed by atoms with Crippen LogP contribution in [0.25, 0.3) is 0 Å². The molecule has 0 aliphatic heterocycles. The summed E-state index contributed by atoms with van der Waals surface area (Å²) in [4.78, 5) is 12.2. The fourth-order valence-corrected chi connectivity index (χ4v) is 2.11. The highest BCUT2D eigenvalue weighted by Crippen LogP contribution is 2.19. The topological polar surface area (TPSA) is 57.5 Å². The molecule has 0 bridgehead atoms. The van der Waals surface area contributed by atoms with E-state index in [9.17, 15) is 15.0 Å². The smallest absolute Gasteiger partial charge is 0.193 e. The van der Waals surface area contributed by atoms with Gasteiger partial charge in [-0.3, -0.25) is 4.79 Å². The molecule has 0 fully saturated rings. The molecular weight excluding hydrogens is 272 g/mol. The van der Waals surface area contributed by atoms with Gasteiger partial charge in [0.05, 0.1) is 6.10 Å². The first-order chi connectivity index (χ1) is 9.63. The van der Waals surface area contributed by atoms with E-state index in [-0.39, 0.29) is 11.5 Å². The summed E-state index contributed by atoms with van der Waals surface area (Å²) in [6, 6.07) is 15.6. The fraction of sp³-hybridized carbons (Fsp3) is 0.188. The van der Waals surface area contributed by atoms with E-state index in [2.05, 4.69) is 12.6 Å². The normalized spacial score (nSPS) is 13.8. The van der Waals surface area contributed by atoms with Crippen LogP contribution in [0.4, 0.5) is 0 Å². The van der Waals surface area contributed by atoms with E-state index in [0.717, 1.165) is 0 Å². The van der Waals surface area contributed by atoms with Gasteiger partial charge in [0.1, 0.15) is 6.10 Å². The van der Waals surface area contributed by atoms with Gasteiger partial charge >= 0.3 is 0 Å². The van der Waals surface area contributed by atoms with Crippen molar-refractivity contribution in [3.63, 3.8) is 0 Å². The van der Waals surface area contributed by atoms with Gasteiger partial charge in [-0.2, -0.15) is 12.6 Å². The Morgan fingerprint density at radius 2 is 1.50 bits per heavy atom. The summed E-state index contributed by atoms with van der Waals surface area (Å²) in [5.41, 5.74) is 1.74. The summed E-state index contributed by atoms with van der Waals surface area (Å²) in [6.45, 7) is 0. The van der Waals surface area contributed by atoms with Crippen LogP contribution in [0.3, 0.4) is 0 Å². The SMILES string of the molecule is O=C(c1ccccc1)c1ccc(C(O)C(O)CS)cc1. The van der Waals surface area contributed by atoms with E-state index in [0.29, 0.717) is 16.7 Å². The van der Waals surface area contributed by atoms with Gasteiger partial charge in [-0.15, -0.1) is 0 Å². The maximum absolute atomic E-state index is 12.2. The Morgan fingerprint density at radius 1 is 0.950 bits per heavy atom. The fourth-order valence-electron chi connectivity index (χ4n) is 1.91. The van der Waals surface area contributed by atoms with Crippen LogP contribution in [0.5, 0.6) is 0 Å². The summed E-state index contributed by atoms with van der Waals surface area (Å²) in [5, 5.41) is 19.4. The van der Waals surface area contributed by atoms with Crippen molar-refractivity contribution in [3.8, 4) is 0 Å². The molecule has 0 spiro atoms. The van der Waals surface area contributed by atoms with Crippen molar-refractivity contribution in [3.05, 3.63) is 71.3 Å². The van der Waals surface area contributed by atoms with Crippen molar-refractivity contribution < 1.29 is 15.0 Å². The number of ketones is 1. The van der Waals surface area contributed by atoms with Crippen molar-refractivity contribution in [2.75, 3.05) is 5.75 Å². The molecule has 2 rings (SSSR count). The van der Waals surface area contributed by atoms with E-state index in [1.807, 2.05) is 18.2 Å². The third kappa shape index (κ3) is 3.28. The van der Waals surface area contributed by atoms with Gasteiger partial charge in [0, 0.05) is 16.9 Å². The molecule has 0 heterocycles. The number of thiol groups is 1. The van der Waals surface area contributed by atoms with Crippen LogP contribution in [-0.2, 0) is 0 Å². The second-order valence-corrected chi connectivity index (χ2v) is 4.88. The monoisotopic (exact) mass is 288 g/mol. The molecule has 2 aromatic carbocycles. The van der Waals surface area contributed by atoms with Gasteiger partial charge in [0.25, 0.3) is 0 Å². The van der Waals surface area contributed by atoms with E-state index in [1.165, 1.54) is 0 Å². The predicted octanol–water partition coefficient (Wildman–Crippen LogP) is 2.24. The number of benzene rings is 2.